The smallest absolute Gasteiger partial charge is 0.328 e. The van der Waals surface area contributed by atoms with E-state index in [1.54, 1.807) is 6.08 Å². The number of rotatable bonds is 7. The second-order valence-corrected chi connectivity index (χ2v) is 5.02. The highest BCUT2D eigenvalue weighted by Gasteiger charge is 1.99. The van der Waals surface area contributed by atoms with Crippen molar-refractivity contribution in [2.45, 2.75) is 19.8 Å². The SMILES string of the molecule is CCCCOc1ccc(-c2ccc(C=CC(=O)O)cc2)cc1. The van der Waals surface area contributed by atoms with E-state index in [1.165, 1.54) is 0 Å². The molecule has 0 aliphatic carbocycles. The fraction of sp³-hybridized carbons (Fsp3) is 0.211. The highest BCUT2D eigenvalue weighted by molar-refractivity contribution is 5.85. The normalized spacial score (nSPS) is 10.8. The van der Waals surface area contributed by atoms with Crippen LogP contribution in [-0.2, 0) is 4.79 Å². The van der Waals surface area contributed by atoms with E-state index in [4.69, 9.17) is 9.84 Å². The first-order valence-electron chi connectivity index (χ1n) is 7.43. The summed E-state index contributed by atoms with van der Waals surface area (Å²) in [6, 6.07) is 15.8. The molecule has 3 nitrogen and oxygen atoms in total. The molecule has 0 saturated heterocycles. The number of aliphatic carboxylic acids is 1. The van der Waals surface area contributed by atoms with Crippen LogP contribution in [0.2, 0.25) is 0 Å². The molecule has 2 aromatic rings. The van der Waals surface area contributed by atoms with Gasteiger partial charge in [-0.15, -0.1) is 0 Å². The Balaban J connectivity index is 2.03. The molecule has 114 valence electrons. The summed E-state index contributed by atoms with van der Waals surface area (Å²) in [5.74, 6) is -0.0547. The van der Waals surface area contributed by atoms with Crippen molar-refractivity contribution in [1.82, 2.24) is 0 Å². The zero-order chi connectivity index (χ0) is 15.8. The summed E-state index contributed by atoms with van der Waals surface area (Å²) in [6.45, 7) is 2.89. The molecule has 0 radical (unpaired) electrons. The summed E-state index contributed by atoms with van der Waals surface area (Å²) in [4.78, 5) is 10.5. The molecule has 0 fully saturated rings. The van der Waals surface area contributed by atoms with Gasteiger partial charge in [0.05, 0.1) is 6.61 Å². The molecule has 0 spiro atoms. The Morgan fingerprint density at radius 3 is 2.18 bits per heavy atom. The van der Waals surface area contributed by atoms with Gasteiger partial charge in [0, 0.05) is 6.08 Å². The summed E-state index contributed by atoms with van der Waals surface area (Å²) in [5.41, 5.74) is 3.06. The Morgan fingerprint density at radius 1 is 1.05 bits per heavy atom. The largest absolute Gasteiger partial charge is 0.494 e. The minimum atomic E-state index is -0.942. The van der Waals surface area contributed by atoms with Crippen LogP contribution in [0.1, 0.15) is 25.3 Å². The van der Waals surface area contributed by atoms with Crippen LogP contribution in [0.3, 0.4) is 0 Å². The summed E-state index contributed by atoms with van der Waals surface area (Å²) in [5, 5.41) is 8.61. The minimum Gasteiger partial charge on any atom is -0.494 e. The standard InChI is InChI=1S/C19H20O3/c1-2-3-14-22-18-11-9-17(10-12-18)16-7-4-15(5-8-16)6-13-19(20)21/h4-13H,2-3,14H2,1H3,(H,20,21). The van der Waals surface area contributed by atoms with Gasteiger partial charge in [-0.25, -0.2) is 4.79 Å². The lowest BCUT2D eigenvalue weighted by molar-refractivity contribution is -0.131. The second-order valence-electron chi connectivity index (χ2n) is 5.02. The van der Waals surface area contributed by atoms with E-state index < -0.39 is 5.97 Å². The fourth-order valence-electron chi connectivity index (χ4n) is 2.03. The van der Waals surface area contributed by atoms with Crippen LogP contribution in [0.5, 0.6) is 5.75 Å². The number of hydrogen-bond donors (Lipinski definition) is 1. The molecule has 0 amide bonds. The topological polar surface area (TPSA) is 46.5 Å². The number of carboxylic acid groups (broad SMARTS) is 1. The number of carboxylic acids is 1. The maximum absolute atomic E-state index is 10.5. The van der Waals surface area contributed by atoms with E-state index >= 15 is 0 Å². The van der Waals surface area contributed by atoms with Gasteiger partial charge in [-0.2, -0.15) is 0 Å². The van der Waals surface area contributed by atoms with Crippen LogP contribution in [0, 0.1) is 0 Å². The summed E-state index contributed by atoms with van der Waals surface area (Å²) >= 11 is 0. The lowest BCUT2D eigenvalue weighted by atomic mass is 10.0. The fourth-order valence-corrected chi connectivity index (χ4v) is 2.03. The van der Waals surface area contributed by atoms with Crippen LogP contribution >= 0.6 is 0 Å². The zero-order valence-corrected chi connectivity index (χ0v) is 12.7. The Labute approximate surface area is 130 Å². The molecule has 3 heteroatoms. The van der Waals surface area contributed by atoms with Crippen molar-refractivity contribution in [2.75, 3.05) is 6.61 Å². The van der Waals surface area contributed by atoms with Crippen LogP contribution in [-0.4, -0.2) is 17.7 Å². The molecule has 0 aliphatic rings. The van der Waals surface area contributed by atoms with Crippen molar-refractivity contribution < 1.29 is 14.6 Å². The summed E-state index contributed by atoms with van der Waals surface area (Å²) in [6.07, 6.45) is 4.90. The Hall–Kier alpha value is -2.55. The number of unbranched alkanes of at least 4 members (excludes halogenated alkanes) is 1. The van der Waals surface area contributed by atoms with Gasteiger partial charge in [0.25, 0.3) is 0 Å². The molecule has 0 atom stereocenters. The maximum atomic E-state index is 10.5. The number of ether oxygens (including phenoxy) is 1. The van der Waals surface area contributed by atoms with Gasteiger partial charge in [0.15, 0.2) is 0 Å². The predicted octanol–water partition coefficient (Wildman–Crippen LogP) is 4.63. The Bertz CT molecular complexity index is 625. The van der Waals surface area contributed by atoms with Crippen LogP contribution in [0.25, 0.3) is 17.2 Å². The van der Waals surface area contributed by atoms with E-state index in [-0.39, 0.29) is 0 Å². The Morgan fingerprint density at radius 2 is 1.64 bits per heavy atom. The highest BCUT2D eigenvalue weighted by atomic mass is 16.5. The molecular weight excluding hydrogens is 276 g/mol. The monoisotopic (exact) mass is 296 g/mol. The first-order chi connectivity index (χ1) is 10.7. The van der Waals surface area contributed by atoms with Crippen LogP contribution < -0.4 is 4.74 Å². The molecule has 2 aromatic carbocycles. The van der Waals surface area contributed by atoms with Crippen molar-refractivity contribution in [1.29, 1.82) is 0 Å². The third-order valence-corrected chi connectivity index (χ3v) is 3.28. The highest BCUT2D eigenvalue weighted by Crippen LogP contribution is 2.23. The van der Waals surface area contributed by atoms with Gasteiger partial charge < -0.3 is 9.84 Å². The molecule has 0 aromatic heterocycles. The zero-order valence-electron chi connectivity index (χ0n) is 12.7. The molecule has 0 unspecified atom stereocenters. The number of carbonyl (C=O) groups is 1. The third kappa shape index (κ3) is 4.77. The van der Waals surface area contributed by atoms with Crippen molar-refractivity contribution in [2.24, 2.45) is 0 Å². The van der Waals surface area contributed by atoms with Gasteiger partial charge >= 0.3 is 5.97 Å². The molecule has 1 N–H and O–H groups in total. The van der Waals surface area contributed by atoms with Crippen LogP contribution in [0.4, 0.5) is 0 Å². The van der Waals surface area contributed by atoms with Crippen molar-refractivity contribution >= 4 is 12.0 Å². The van der Waals surface area contributed by atoms with Gasteiger partial charge in [0.2, 0.25) is 0 Å². The van der Waals surface area contributed by atoms with Crippen molar-refractivity contribution in [3.8, 4) is 16.9 Å². The van der Waals surface area contributed by atoms with Gasteiger partial charge in [-0.05, 0) is 41.3 Å². The third-order valence-electron chi connectivity index (χ3n) is 3.28. The van der Waals surface area contributed by atoms with E-state index in [0.717, 1.165) is 48.0 Å². The average molecular weight is 296 g/mol. The quantitative estimate of drug-likeness (QED) is 0.598. The second kappa shape index (κ2) is 8.03. The van der Waals surface area contributed by atoms with E-state index in [9.17, 15) is 4.79 Å². The summed E-state index contributed by atoms with van der Waals surface area (Å²) in [7, 11) is 0. The molecule has 0 heterocycles. The van der Waals surface area contributed by atoms with E-state index in [1.807, 2.05) is 48.5 Å². The lowest BCUT2D eigenvalue weighted by Crippen LogP contribution is -1.95. The van der Waals surface area contributed by atoms with E-state index in [2.05, 4.69) is 6.92 Å². The van der Waals surface area contributed by atoms with Crippen molar-refractivity contribution in [3.05, 3.63) is 60.2 Å². The van der Waals surface area contributed by atoms with Crippen molar-refractivity contribution in [3.63, 3.8) is 0 Å². The van der Waals surface area contributed by atoms with E-state index in [0.29, 0.717) is 0 Å². The van der Waals surface area contributed by atoms with Gasteiger partial charge in [0.1, 0.15) is 5.75 Å². The Kier molecular flexibility index (Phi) is 5.78. The number of benzene rings is 2. The average Bonchev–Trinajstić information content (AvgIpc) is 2.54. The molecule has 22 heavy (non-hydrogen) atoms. The number of hydrogen-bond acceptors (Lipinski definition) is 2. The first-order valence-corrected chi connectivity index (χ1v) is 7.43. The predicted molar refractivity (Wildman–Crippen MR) is 89.0 cm³/mol. The molecular formula is C19H20O3. The molecule has 2 rings (SSSR count). The van der Waals surface area contributed by atoms with Crippen LogP contribution in [0.15, 0.2) is 54.6 Å². The molecule has 0 bridgehead atoms. The van der Waals surface area contributed by atoms with Gasteiger partial charge in [-0.3, -0.25) is 0 Å². The first kappa shape index (κ1) is 15.8. The lowest BCUT2D eigenvalue weighted by Gasteiger charge is -2.07. The maximum Gasteiger partial charge on any atom is 0.328 e. The van der Waals surface area contributed by atoms with Gasteiger partial charge in [-0.1, -0.05) is 49.7 Å². The minimum absolute atomic E-state index is 0.750. The molecule has 0 saturated carbocycles. The molecule has 0 aliphatic heterocycles. The summed E-state index contributed by atoms with van der Waals surface area (Å²) < 4.78 is 5.65.